The minimum absolute atomic E-state index is 0.327. The fourth-order valence-electron chi connectivity index (χ4n) is 4.38. The van der Waals surface area contributed by atoms with Crippen LogP contribution >= 0.6 is 0 Å². The second-order valence-corrected chi connectivity index (χ2v) is 8.18. The largest absolute Gasteiger partial charge is 0.340 e. The molecule has 28 heavy (non-hydrogen) atoms. The van der Waals surface area contributed by atoms with Crippen LogP contribution in [0.3, 0.4) is 0 Å². The molecule has 1 aromatic carbocycles. The first-order valence-corrected chi connectivity index (χ1v) is 10.6. The first kappa shape index (κ1) is 19.1. The number of aromatic nitrogens is 2. The van der Waals surface area contributed by atoms with Crippen LogP contribution in [0.25, 0.3) is 11.5 Å². The predicted octanol–water partition coefficient (Wildman–Crippen LogP) is 3.66. The molecule has 1 amide bonds. The average Bonchev–Trinajstić information content (AvgIpc) is 3.39. The molecule has 0 bridgehead atoms. The molecule has 2 fully saturated rings. The minimum Gasteiger partial charge on any atom is -0.340 e. The zero-order valence-corrected chi connectivity index (χ0v) is 16.8. The van der Waals surface area contributed by atoms with Crippen molar-refractivity contribution < 1.29 is 9.32 Å². The Morgan fingerprint density at radius 1 is 1.14 bits per heavy atom. The summed E-state index contributed by atoms with van der Waals surface area (Å²) in [4.78, 5) is 21.4. The Hall–Kier alpha value is -2.21. The summed E-state index contributed by atoms with van der Waals surface area (Å²) in [6.45, 7) is 6.03. The Morgan fingerprint density at radius 3 is 2.64 bits per heavy atom. The van der Waals surface area contributed by atoms with Crippen LogP contribution < -0.4 is 0 Å². The van der Waals surface area contributed by atoms with Crippen LogP contribution in [-0.4, -0.2) is 52.0 Å². The van der Waals surface area contributed by atoms with E-state index in [-0.39, 0.29) is 0 Å². The molecular weight excluding hydrogens is 352 g/mol. The Balaban J connectivity index is 1.24. The topological polar surface area (TPSA) is 62.5 Å². The lowest BCUT2D eigenvalue weighted by Crippen LogP contribution is -2.48. The molecular formula is C22H30N4O2. The number of aryl methyl sites for hydroxylation is 1. The van der Waals surface area contributed by atoms with Crippen molar-refractivity contribution in [2.45, 2.75) is 52.0 Å². The summed E-state index contributed by atoms with van der Waals surface area (Å²) in [6.07, 6.45) is 7.11. The normalized spacial score (nSPS) is 18.7. The number of hydrogen-bond donors (Lipinski definition) is 0. The van der Waals surface area contributed by atoms with Crippen LogP contribution in [0.5, 0.6) is 0 Å². The van der Waals surface area contributed by atoms with E-state index in [1.807, 2.05) is 36.1 Å². The SMILES string of the molecule is Cc1ccccc1-c1nc(CN2CCN(C(=O)CCC3CCCC3)CC2)no1. The first-order valence-electron chi connectivity index (χ1n) is 10.6. The first-order chi connectivity index (χ1) is 13.7. The third kappa shape index (κ3) is 4.61. The number of amides is 1. The smallest absolute Gasteiger partial charge is 0.258 e. The summed E-state index contributed by atoms with van der Waals surface area (Å²) in [6, 6.07) is 8.03. The van der Waals surface area contributed by atoms with Gasteiger partial charge in [0.25, 0.3) is 5.89 Å². The average molecular weight is 383 g/mol. The van der Waals surface area contributed by atoms with Gasteiger partial charge in [-0.2, -0.15) is 4.98 Å². The molecule has 2 aliphatic rings. The second kappa shape index (κ2) is 8.86. The van der Waals surface area contributed by atoms with Gasteiger partial charge in [0.15, 0.2) is 5.82 Å². The van der Waals surface area contributed by atoms with Crippen molar-refractivity contribution in [3.63, 3.8) is 0 Å². The van der Waals surface area contributed by atoms with E-state index in [9.17, 15) is 4.79 Å². The number of benzene rings is 1. The third-order valence-corrected chi connectivity index (χ3v) is 6.17. The molecule has 1 aliphatic heterocycles. The molecule has 1 saturated carbocycles. The maximum Gasteiger partial charge on any atom is 0.258 e. The number of rotatable bonds is 6. The molecule has 1 aliphatic carbocycles. The van der Waals surface area contributed by atoms with Crippen LogP contribution in [0, 0.1) is 12.8 Å². The fourth-order valence-corrected chi connectivity index (χ4v) is 4.38. The van der Waals surface area contributed by atoms with Crippen LogP contribution in [0.1, 0.15) is 49.9 Å². The lowest BCUT2D eigenvalue weighted by molar-refractivity contribution is -0.133. The highest BCUT2D eigenvalue weighted by Gasteiger charge is 2.24. The zero-order valence-electron chi connectivity index (χ0n) is 16.8. The van der Waals surface area contributed by atoms with Crippen LogP contribution in [0.2, 0.25) is 0 Å². The molecule has 150 valence electrons. The Morgan fingerprint density at radius 2 is 1.89 bits per heavy atom. The molecule has 6 heteroatoms. The lowest BCUT2D eigenvalue weighted by Gasteiger charge is -2.34. The van der Waals surface area contributed by atoms with E-state index < -0.39 is 0 Å². The number of piperazine rings is 1. The van der Waals surface area contributed by atoms with Gasteiger partial charge >= 0.3 is 0 Å². The Kier molecular flexibility index (Phi) is 6.05. The number of nitrogens with zero attached hydrogens (tertiary/aromatic N) is 4. The second-order valence-electron chi connectivity index (χ2n) is 8.18. The van der Waals surface area contributed by atoms with Gasteiger partial charge in [-0.05, 0) is 30.9 Å². The van der Waals surface area contributed by atoms with Gasteiger partial charge in [0.05, 0.1) is 6.54 Å². The zero-order chi connectivity index (χ0) is 19.3. The van der Waals surface area contributed by atoms with Gasteiger partial charge in [0, 0.05) is 38.2 Å². The van der Waals surface area contributed by atoms with Crippen LogP contribution in [0.15, 0.2) is 28.8 Å². The van der Waals surface area contributed by atoms with Crippen molar-refractivity contribution in [2.75, 3.05) is 26.2 Å². The number of carbonyl (C=O) groups excluding carboxylic acids is 1. The Labute approximate surface area is 166 Å². The monoisotopic (exact) mass is 382 g/mol. The highest BCUT2D eigenvalue weighted by atomic mass is 16.5. The molecule has 0 radical (unpaired) electrons. The highest BCUT2D eigenvalue weighted by Crippen LogP contribution is 2.28. The molecule has 0 spiro atoms. The predicted molar refractivity (Wildman–Crippen MR) is 108 cm³/mol. The summed E-state index contributed by atoms with van der Waals surface area (Å²) in [5, 5.41) is 4.15. The summed E-state index contributed by atoms with van der Waals surface area (Å²) < 4.78 is 5.46. The molecule has 0 unspecified atom stereocenters. The van der Waals surface area contributed by atoms with Crippen molar-refractivity contribution in [1.29, 1.82) is 0 Å². The maximum atomic E-state index is 12.5. The molecule has 4 rings (SSSR count). The van der Waals surface area contributed by atoms with Crippen molar-refractivity contribution in [2.24, 2.45) is 5.92 Å². The molecule has 2 heterocycles. The lowest BCUT2D eigenvalue weighted by atomic mass is 10.0. The van der Waals surface area contributed by atoms with Gasteiger partial charge in [-0.25, -0.2) is 0 Å². The van der Waals surface area contributed by atoms with Gasteiger partial charge in [-0.1, -0.05) is 49.0 Å². The van der Waals surface area contributed by atoms with Crippen molar-refractivity contribution in [3.05, 3.63) is 35.7 Å². The minimum atomic E-state index is 0.327. The molecule has 6 nitrogen and oxygen atoms in total. The van der Waals surface area contributed by atoms with Crippen molar-refractivity contribution in [3.8, 4) is 11.5 Å². The standard InChI is InChI=1S/C22H30N4O2/c1-17-6-2-5-9-19(17)22-23-20(24-28-22)16-25-12-14-26(15-13-25)21(27)11-10-18-7-3-4-8-18/h2,5-6,9,18H,3-4,7-8,10-16H2,1H3. The third-order valence-electron chi connectivity index (χ3n) is 6.17. The van der Waals surface area contributed by atoms with Gasteiger partial charge in [-0.3, -0.25) is 9.69 Å². The highest BCUT2D eigenvalue weighted by molar-refractivity contribution is 5.76. The summed E-state index contributed by atoms with van der Waals surface area (Å²) >= 11 is 0. The van der Waals surface area contributed by atoms with Gasteiger partial charge in [-0.15, -0.1) is 0 Å². The summed E-state index contributed by atoms with van der Waals surface area (Å²) in [5.74, 6) is 2.40. The summed E-state index contributed by atoms with van der Waals surface area (Å²) in [7, 11) is 0. The molecule has 0 atom stereocenters. The van der Waals surface area contributed by atoms with E-state index >= 15 is 0 Å². The van der Waals surface area contributed by atoms with E-state index in [2.05, 4.69) is 15.0 Å². The van der Waals surface area contributed by atoms with Crippen LogP contribution in [0.4, 0.5) is 0 Å². The van der Waals surface area contributed by atoms with Crippen molar-refractivity contribution >= 4 is 5.91 Å². The molecule has 1 aromatic heterocycles. The fraction of sp³-hybridized carbons (Fsp3) is 0.591. The van der Waals surface area contributed by atoms with E-state index in [0.29, 0.717) is 24.2 Å². The molecule has 0 N–H and O–H groups in total. The van der Waals surface area contributed by atoms with Crippen LogP contribution in [-0.2, 0) is 11.3 Å². The van der Waals surface area contributed by atoms with E-state index in [1.54, 1.807) is 0 Å². The molecule has 2 aromatic rings. The van der Waals surface area contributed by atoms with Crippen molar-refractivity contribution in [1.82, 2.24) is 19.9 Å². The van der Waals surface area contributed by atoms with E-state index in [4.69, 9.17) is 4.52 Å². The Bertz CT molecular complexity index is 789. The van der Waals surface area contributed by atoms with Gasteiger partial charge < -0.3 is 9.42 Å². The number of carbonyl (C=O) groups is 1. The quantitative estimate of drug-likeness (QED) is 0.763. The summed E-state index contributed by atoms with van der Waals surface area (Å²) in [5.41, 5.74) is 2.11. The number of hydrogen-bond acceptors (Lipinski definition) is 5. The maximum absolute atomic E-state index is 12.5. The van der Waals surface area contributed by atoms with E-state index in [1.165, 1.54) is 25.7 Å². The van der Waals surface area contributed by atoms with E-state index in [0.717, 1.165) is 56.1 Å². The van der Waals surface area contributed by atoms with Gasteiger partial charge in [0.2, 0.25) is 5.91 Å². The van der Waals surface area contributed by atoms with Gasteiger partial charge in [0.1, 0.15) is 0 Å². The molecule has 1 saturated heterocycles.